The third-order valence-electron chi connectivity index (χ3n) is 4.80. The van der Waals surface area contributed by atoms with Crippen LogP contribution in [-0.2, 0) is 6.42 Å². The highest BCUT2D eigenvalue weighted by Gasteiger charge is 2.30. The van der Waals surface area contributed by atoms with E-state index >= 15 is 0 Å². The molecule has 3 nitrogen and oxygen atoms in total. The van der Waals surface area contributed by atoms with E-state index in [1.807, 2.05) is 6.92 Å². The number of alkyl halides is 1. The van der Waals surface area contributed by atoms with Gasteiger partial charge >= 0.3 is 0 Å². The van der Waals surface area contributed by atoms with Crippen molar-refractivity contribution in [3.63, 3.8) is 0 Å². The Bertz CT molecular complexity index is 460. The Morgan fingerprint density at radius 3 is 2.43 bits per heavy atom. The Kier molecular flexibility index (Phi) is 5.17. The van der Waals surface area contributed by atoms with Gasteiger partial charge in [0, 0.05) is 23.7 Å². The van der Waals surface area contributed by atoms with Gasteiger partial charge in [-0.1, -0.05) is 20.8 Å². The number of aromatic nitrogens is 2. The van der Waals surface area contributed by atoms with Crippen molar-refractivity contribution < 1.29 is 4.39 Å². The first kappa shape index (κ1) is 16.2. The summed E-state index contributed by atoms with van der Waals surface area (Å²) in [5.41, 5.74) is 2.21. The molecule has 0 spiro atoms. The number of aryl methyl sites for hydroxylation is 1. The number of nitrogens with zero attached hydrogens (tertiary/aromatic N) is 2. The molecule has 1 aliphatic rings. The molecule has 1 N–H and O–H groups in total. The second-order valence-corrected chi connectivity index (χ2v) is 7.28. The molecule has 0 aliphatic heterocycles. The van der Waals surface area contributed by atoms with Gasteiger partial charge in [0.05, 0.1) is 6.67 Å². The van der Waals surface area contributed by atoms with E-state index in [9.17, 15) is 4.39 Å². The van der Waals surface area contributed by atoms with Crippen LogP contribution in [-0.4, -0.2) is 22.7 Å². The Hall–Kier alpha value is -1.19. The smallest absolute Gasteiger partial charge is 0.133 e. The molecule has 0 unspecified atom stereocenters. The zero-order valence-electron chi connectivity index (χ0n) is 13.7. The predicted octanol–water partition coefficient (Wildman–Crippen LogP) is 4.31. The molecule has 0 bridgehead atoms. The summed E-state index contributed by atoms with van der Waals surface area (Å²) in [6.45, 7) is 8.56. The van der Waals surface area contributed by atoms with Crippen molar-refractivity contribution in [3.05, 3.63) is 17.6 Å². The average molecular weight is 293 g/mol. The summed E-state index contributed by atoms with van der Waals surface area (Å²) in [5, 5.41) is 3.53. The second-order valence-electron chi connectivity index (χ2n) is 7.28. The summed E-state index contributed by atoms with van der Waals surface area (Å²) >= 11 is 0. The molecule has 21 heavy (non-hydrogen) atoms. The molecular weight excluding hydrogens is 265 g/mol. The van der Waals surface area contributed by atoms with Crippen LogP contribution in [0.25, 0.3) is 0 Å². The number of hydrogen-bond acceptors (Lipinski definition) is 3. The van der Waals surface area contributed by atoms with Crippen molar-refractivity contribution in [1.82, 2.24) is 9.97 Å². The second kappa shape index (κ2) is 6.71. The maximum absolute atomic E-state index is 12.7. The van der Waals surface area contributed by atoms with Crippen molar-refractivity contribution in [2.45, 2.75) is 65.8 Å². The standard InChI is InChI=1S/C17H28FN3/c1-12-15(9-10-18)16(20-11-19-12)21-14-7-5-13(6-8-14)17(2,3)4/h11,13-14H,5-10H2,1-4H3,(H,19,20,21)/t13-,14+. The molecule has 0 amide bonds. The third kappa shape index (κ3) is 4.14. The molecule has 1 aromatic heterocycles. The normalized spacial score (nSPS) is 23.1. The van der Waals surface area contributed by atoms with E-state index in [1.165, 1.54) is 25.7 Å². The summed E-state index contributed by atoms with van der Waals surface area (Å²) in [6, 6.07) is 0.455. The Morgan fingerprint density at radius 1 is 1.19 bits per heavy atom. The molecule has 1 saturated carbocycles. The summed E-state index contributed by atoms with van der Waals surface area (Å²) in [5.74, 6) is 1.63. The highest BCUT2D eigenvalue weighted by Crippen LogP contribution is 2.38. The van der Waals surface area contributed by atoms with E-state index in [4.69, 9.17) is 0 Å². The topological polar surface area (TPSA) is 37.8 Å². The van der Waals surface area contributed by atoms with Crippen molar-refractivity contribution in [2.24, 2.45) is 11.3 Å². The molecule has 2 rings (SSSR count). The van der Waals surface area contributed by atoms with Crippen LogP contribution in [0, 0.1) is 18.3 Å². The molecule has 1 aliphatic carbocycles. The highest BCUT2D eigenvalue weighted by atomic mass is 19.1. The maximum Gasteiger partial charge on any atom is 0.133 e. The Labute approximate surface area is 127 Å². The number of nitrogens with one attached hydrogen (secondary N) is 1. The minimum atomic E-state index is -0.361. The molecule has 1 fully saturated rings. The van der Waals surface area contributed by atoms with Gasteiger partial charge in [0.1, 0.15) is 12.1 Å². The molecular formula is C17H28FN3. The molecule has 1 aromatic rings. The van der Waals surface area contributed by atoms with E-state index in [1.54, 1.807) is 6.33 Å². The Morgan fingerprint density at radius 2 is 1.86 bits per heavy atom. The lowest BCUT2D eigenvalue weighted by molar-refractivity contribution is 0.173. The number of hydrogen-bond donors (Lipinski definition) is 1. The van der Waals surface area contributed by atoms with Crippen molar-refractivity contribution >= 4 is 5.82 Å². The van der Waals surface area contributed by atoms with Crippen molar-refractivity contribution in [2.75, 3.05) is 12.0 Å². The van der Waals surface area contributed by atoms with Gasteiger partial charge in [-0.25, -0.2) is 9.97 Å². The first-order valence-electron chi connectivity index (χ1n) is 8.04. The zero-order valence-corrected chi connectivity index (χ0v) is 13.7. The van der Waals surface area contributed by atoms with Crippen LogP contribution in [0.1, 0.15) is 57.7 Å². The monoisotopic (exact) mass is 293 g/mol. The van der Waals surface area contributed by atoms with E-state index in [0.29, 0.717) is 17.9 Å². The SMILES string of the molecule is Cc1ncnc(N[C@H]2CC[C@@H](C(C)(C)C)CC2)c1CCF. The van der Waals surface area contributed by atoms with E-state index < -0.39 is 0 Å². The minimum absolute atomic E-state index is 0.361. The van der Waals surface area contributed by atoms with Gasteiger partial charge in [-0.05, 0) is 43.9 Å². The van der Waals surface area contributed by atoms with Gasteiger partial charge in [0.25, 0.3) is 0 Å². The maximum atomic E-state index is 12.7. The summed E-state index contributed by atoms with van der Waals surface area (Å²) in [6.07, 6.45) is 6.81. The van der Waals surface area contributed by atoms with Crippen LogP contribution in [0.5, 0.6) is 0 Å². The molecule has 0 atom stereocenters. The van der Waals surface area contributed by atoms with E-state index in [0.717, 1.165) is 23.0 Å². The molecule has 4 heteroatoms. The molecule has 1 heterocycles. The van der Waals surface area contributed by atoms with Crippen molar-refractivity contribution in [1.29, 1.82) is 0 Å². The first-order valence-corrected chi connectivity index (χ1v) is 8.04. The molecule has 0 aromatic carbocycles. The van der Waals surface area contributed by atoms with Crippen LogP contribution < -0.4 is 5.32 Å². The summed E-state index contributed by atoms with van der Waals surface area (Å²) in [7, 11) is 0. The number of anilines is 1. The van der Waals surface area contributed by atoms with Gasteiger partial charge < -0.3 is 5.32 Å². The summed E-state index contributed by atoms with van der Waals surface area (Å²) in [4.78, 5) is 8.51. The van der Waals surface area contributed by atoms with Crippen LogP contribution in [0.4, 0.5) is 10.2 Å². The van der Waals surface area contributed by atoms with Gasteiger partial charge in [-0.2, -0.15) is 0 Å². The van der Waals surface area contributed by atoms with Gasteiger partial charge in [-0.3, -0.25) is 4.39 Å². The predicted molar refractivity (Wildman–Crippen MR) is 85.3 cm³/mol. The Balaban J connectivity index is 1.99. The van der Waals surface area contributed by atoms with Crippen LogP contribution >= 0.6 is 0 Å². The lowest BCUT2D eigenvalue weighted by Crippen LogP contribution is -2.32. The van der Waals surface area contributed by atoms with E-state index in [2.05, 4.69) is 36.1 Å². The van der Waals surface area contributed by atoms with Crippen molar-refractivity contribution in [3.8, 4) is 0 Å². The lowest BCUT2D eigenvalue weighted by Gasteiger charge is -2.37. The molecule has 0 saturated heterocycles. The highest BCUT2D eigenvalue weighted by molar-refractivity contribution is 5.46. The molecule has 0 radical (unpaired) electrons. The fraction of sp³-hybridized carbons (Fsp3) is 0.765. The largest absolute Gasteiger partial charge is 0.367 e. The fourth-order valence-corrected chi connectivity index (χ4v) is 3.32. The minimum Gasteiger partial charge on any atom is -0.367 e. The van der Waals surface area contributed by atoms with E-state index in [-0.39, 0.29) is 6.67 Å². The lowest BCUT2D eigenvalue weighted by atomic mass is 9.71. The van der Waals surface area contributed by atoms with Gasteiger partial charge in [-0.15, -0.1) is 0 Å². The fourth-order valence-electron chi connectivity index (χ4n) is 3.32. The molecule has 118 valence electrons. The first-order chi connectivity index (χ1) is 9.91. The summed E-state index contributed by atoms with van der Waals surface area (Å²) < 4.78 is 12.7. The zero-order chi connectivity index (χ0) is 15.5. The van der Waals surface area contributed by atoms with Gasteiger partial charge in [0.15, 0.2) is 0 Å². The quantitative estimate of drug-likeness (QED) is 0.898. The number of halogens is 1. The van der Waals surface area contributed by atoms with Crippen LogP contribution in [0.3, 0.4) is 0 Å². The average Bonchev–Trinajstić information content (AvgIpc) is 2.42. The van der Waals surface area contributed by atoms with Gasteiger partial charge in [0.2, 0.25) is 0 Å². The number of rotatable bonds is 4. The third-order valence-corrected chi connectivity index (χ3v) is 4.80. The van der Waals surface area contributed by atoms with Crippen LogP contribution in [0.15, 0.2) is 6.33 Å². The van der Waals surface area contributed by atoms with Crippen LogP contribution in [0.2, 0.25) is 0 Å².